The lowest BCUT2D eigenvalue weighted by Gasteiger charge is -2.29. The van der Waals surface area contributed by atoms with Crippen LogP contribution in [0.2, 0.25) is 0 Å². The molecule has 3 unspecified atom stereocenters. The number of aromatic nitrogens is 3. The normalized spacial score (nSPS) is 20.2. The average Bonchev–Trinajstić information content (AvgIpc) is 3.22. The number of benzene rings is 2. The monoisotopic (exact) mass is 521 g/mol. The Balaban J connectivity index is 1.62. The zero-order valence-corrected chi connectivity index (χ0v) is 20.2. The van der Waals surface area contributed by atoms with Crippen LogP contribution in [0.1, 0.15) is 42.1 Å². The Hall–Kier alpha value is -2.69. The first-order chi connectivity index (χ1) is 16.3. The molecule has 0 aliphatic heterocycles. The molecule has 1 heterocycles. The summed E-state index contributed by atoms with van der Waals surface area (Å²) in [5.74, 6) is 1.20. The summed E-state index contributed by atoms with van der Waals surface area (Å²) in [6.45, 7) is 0.550. The van der Waals surface area contributed by atoms with Crippen LogP contribution in [-0.4, -0.2) is 35.4 Å². The summed E-state index contributed by atoms with van der Waals surface area (Å²) in [6, 6.07) is 13.5. The van der Waals surface area contributed by atoms with E-state index in [9.17, 15) is 20.2 Å². The van der Waals surface area contributed by atoms with Gasteiger partial charge in [0, 0.05) is 29.2 Å². The molecule has 1 aliphatic carbocycles. The molecule has 3 aromatic rings. The highest BCUT2D eigenvalue weighted by atomic mass is 35.5. The van der Waals surface area contributed by atoms with Crippen molar-refractivity contribution in [3.63, 3.8) is 0 Å². The van der Waals surface area contributed by atoms with Crippen LogP contribution in [-0.2, 0) is 12.3 Å². The van der Waals surface area contributed by atoms with E-state index in [-0.39, 0.29) is 33.8 Å². The molecule has 9 nitrogen and oxygen atoms in total. The number of nitro groups is 2. The molecule has 1 aliphatic rings. The average molecular weight is 522 g/mol. The van der Waals surface area contributed by atoms with Crippen molar-refractivity contribution >= 4 is 46.3 Å². The maximum Gasteiger partial charge on any atom is 0.276 e. The van der Waals surface area contributed by atoms with Gasteiger partial charge in [-0.05, 0) is 30.4 Å². The predicted octanol–water partition coefficient (Wildman–Crippen LogP) is 5.92. The number of rotatable bonds is 8. The maximum atomic E-state index is 11.2. The first-order valence-electron chi connectivity index (χ1n) is 10.6. The van der Waals surface area contributed by atoms with Crippen molar-refractivity contribution in [2.24, 2.45) is 0 Å². The zero-order valence-electron chi connectivity index (χ0n) is 17.9. The number of alkyl halides is 2. The van der Waals surface area contributed by atoms with Gasteiger partial charge in [-0.15, -0.1) is 33.4 Å². The summed E-state index contributed by atoms with van der Waals surface area (Å²) >= 11 is 14.1. The lowest BCUT2D eigenvalue weighted by atomic mass is 9.88. The SMILES string of the molecule is O=[N+]([O-])c1cc(CSc2nnc(C3CCC(Cl)C(Cl)C3)n2Cc2ccccc2)cc([N+](=O)[O-])c1. The standard InChI is InChI=1S/C22H21Cl2N5O4S/c23-19-7-6-16(10-20(19)24)21-25-26-22(27(21)12-14-4-2-1-3-5-14)34-13-15-8-17(28(30)31)11-18(9-15)29(32)33/h1-5,8-9,11,16,19-20H,6-7,10,12-13H2. The van der Waals surface area contributed by atoms with Crippen LogP contribution >= 0.6 is 35.0 Å². The van der Waals surface area contributed by atoms with Gasteiger partial charge in [0.1, 0.15) is 5.82 Å². The van der Waals surface area contributed by atoms with Crippen LogP contribution < -0.4 is 0 Å². The van der Waals surface area contributed by atoms with E-state index in [1.54, 1.807) is 0 Å². The molecule has 2 aromatic carbocycles. The topological polar surface area (TPSA) is 117 Å². The van der Waals surface area contributed by atoms with Crippen molar-refractivity contribution < 1.29 is 9.85 Å². The smallest absolute Gasteiger partial charge is 0.276 e. The largest absolute Gasteiger partial charge is 0.301 e. The molecule has 0 bridgehead atoms. The Labute approximate surface area is 209 Å². The lowest BCUT2D eigenvalue weighted by Crippen LogP contribution is -2.26. The molecule has 0 saturated heterocycles. The predicted molar refractivity (Wildman–Crippen MR) is 131 cm³/mol. The fourth-order valence-corrected chi connectivity index (χ4v) is 5.48. The quantitative estimate of drug-likeness (QED) is 0.156. The van der Waals surface area contributed by atoms with Crippen molar-refractivity contribution in [1.82, 2.24) is 14.8 Å². The minimum atomic E-state index is -0.632. The van der Waals surface area contributed by atoms with Crippen LogP contribution in [0, 0.1) is 20.2 Å². The second kappa shape index (κ2) is 10.7. The van der Waals surface area contributed by atoms with E-state index in [1.165, 1.54) is 23.9 Å². The number of nitrogens with zero attached hydrogens (tertiary/aromatic N) is 5. The van der Waals surface area contributed by atoms with Gasteiger partial charge in [0.05, 0.1) is 27.8 Å². The van der Waals surface area contributed by atoms with E-state index in [4.69, 9.17) is 23.2 Å². The van der Waals surface area contributed by atoms with Crippen LogP contribution in [0.25, 0.3) is 0 Å². The minimum Gasteiger partial charge on any atom is -0.301 e. The molecule has 0 spiro atoms. The fraction of sp³-hybridized carbons (Fsp3) is 0.364. The van der Waals surface area contributed by atoms with Gasteiger partial charge < -0.3 is 4.57 Å². The van der Waals surface area contributed by atoms with E-state index in [0.717, 1.165) is 30.3 Å². The first kappa shape index (κ1) is 24.4. The second-order valence-electron chi connectivity index (χ2n) is 8.12. The van der Waals surface area contributed by atoms with Crippen LogP contribution in [0.15, 0.2) is 53.7 Å². The summed E-state index contributed by atoms with van der Waals surface area (Å²) in [5, 5.41) is 31.7. The third-order valence-electron chi connectivity index (χ3n) is 5.74. The molecule has 0 amide bonds. The van der Waals surface area contributed by atoms with E-state index < -0.39 is 9.85 Å². The molecule has 3 atom stereocenters. The maximum absolute atomic E-state index is 11.2. The molecule has 4 rings (SSSR count). The minimum absolute atomic E-state index is 0.0677. The Kier molecular flexibility index (Phi) is 7.70. The van der Waals surface area contributed by atoms with Crippen LogP contribution in [0.3, 0.4) is 0 Å². The highest BCUT2D eigenvalue weighted by Gasteiger charge is 2.32. The number of hydrogen-bond acceptors (Lipinski definition) is 7. The van der Waals surface area contributed by atoms with Gasteiger partial charge in [0.2, 0.25) is 0 Å². The van der Waals surface area contributed by atoms with Gasteiger partial charge in [-0.25, -0.2) is 0 Å². The molecule has 1 aromatic heterocycles. The molecule has 0 radical (unpaired) electrons. The Bertz CT molecular complexity index is 1160. The number of hydrogen-bond donors (Lipinski definition) is 0. The number of thioether (sulfide) groups is 1. The Morgan fingerprint density at radius 1 is 0.941 bits per heavy atom. The highest BCUT2D eigenvalue weighted by molar-refractivity contribution is 7.98. The van der Waals surface area contributed by atoms with Gasteiger partial charge in [-0.1, -0.05) is 42.1 Å². The molecule has 34 heavy (non-hydrogen) atoms. The molecular weight excluding hydrogens is 501 g/mol. The van der Waals surface area contributed by atoms with Crippen molar-refractivity contribution in [2.45, 2.75) is 53.4 Å². The molecule has 1 fully saturated rings. The summed E-state index contributed by atoms with van der Waals surface area (Å²) in [4.78, 5) is 21.2. The van der Waals surface area contributed by atoms with E-state index in [2.05, 4.69) is 10.2 Å². The third kappa shape index (κ3) is 5.68. The van der Waals surface area contributed by atoms with Crippen LogP contribution in [0.5, 0.6) is 0 Å². The lowest BCUT2D eigenvalue weighted by molar-refractivity contribution is -0.394. The second-order valence-corrected chi connectivity index (χ2v) is 10.2. The third-order valence-corrected chi connectivity index (χ3v) is 7.91. The molecular formula is C22H21Cl2N5O4S. The first-order valence-corrected chi connectivity index (χ1v) is 12.5. The summed E-state index contributed by atoms with van der Waals surface area (Å²) in [5.41, 5.74) is 0.902. The molecule has 178 valence electrons. The van der Waals surface area contributed by atoms with Gasteiger partial charge in [0.25, 0.3) is 11.4 Å². The zero-order chi connectivity index (χ0) is 24.2. The number of halogens is 2. The number of non-ortho nitro benzene ring substituents is 2. The fourth-order valence-electron chi connectivity index (χ4n) is 4.03. The van der Waals surface area contributed by atoms with E-state index >= 15 is 0 Å². The molecule has 0 N–H and O–H groups in total. The van der Waals surface area contributed by atoms with Crippen LogP contribution in [0.4, 0.5) is 11.4 Å². The van der Waals surface area contributed by atoms with Crippen molar-refractivity contribution in [1.29, 1.82) is 0 Å². The van der Waals surface area contributed by atoms with E-state index in [0.29, 0.717) is 23.7 Å². The van der Waals surface area contributed by atoms with Gasteiger partial charge >= 0.3 is 0 Å². The van der Waals surface area contributed by atoms with Gasteiger partial charge in [-0.3, -0.25) is 20.2 Å². The summed E-state index contributed by atoms with van der Waals surface area (Å²) < 4.78 is 2.04. The van der Waals surface area contributed by atoms with E-state index in [1.807, 2.05) is 34.9 Å². The molecule has 1 saturated carbocycles. The van der Waals surface area contributed by atoms with Crippen molar-refractivity contribution in [3.05, 3.63) is 85.7 Å². The summed E-state index contributed by atoms with van der Waals surface area (Å²) in [7, 11) is 0. The highest BCUT2D eigenvalue weighted by Crippen LogP contribution is 2.38. The summed E-state index contributed by atoms with van der Waals surface area (Å²) in [6.07, 6.45) is 2.34. The van der Waals surface area contributed by atoms with Crippen molar-refractivity contribution in [3.8, 4) is 0 Å². The van der Waals surface area contributed by atoms with Gasteiger partial charge in [0.15, 0.2) is 5.16 Å². The Morgan fingerprint density at radius 3 is 2.24 bits per heavy atom. The Morgan fingerprint density at radius 2 is 1.62 bits per heavy atom. The van der Waals surface area contributed by atoms with Crippen molar-refractivity contribution in [2.75, 3.05) is 0 Å². The molecule has 12 heteroatoms. The number of nitro benzene ring substituents is 2. The van der Waals surface area contributed by atoms with Gasteiger partial charge in [-0.2, -0.15) is 0 Å².